The molecule has 10 heteroatoms. The van der Waals surface area contributed by atoms with E-state index in [0.29, 0.717) is 12.8 Å². The fourth-order valence-corrected chi connectivity index (χ4v) is 3.65. The predicted octanol–water partition coefficient (Wildman–Crippen LogP) is 0.745. The number of hydrogen-bond donors (Lipinski definition) is 2. The number of hydrogen-bond acceptors (Lipinski definition) is 10. The monoisotopic (exact) mass is 439 g/mol. The molecular formula is C21H29NO9. The molecule has 0 fully saturated rings. The lowest BCUT2D eigenvalue weighted by molar-refractivity contribution is -0.158. The molecule has 0 saturated carbocycles. The Kier molecular flexibility index (Phi) is 9.70. The van der Waals surface area contributed by atoms with Crippen molar-refractivity contribution in [3.8, 4) is 0 Å². The summed E-state index contributed by atoms with van der Waals surface area (Å²) in [5.41, 5.74) is 4.20. The summed E-state index contributed by atoms with van der Waals surface area (Å²) in [6.07, 6.45) is -0.131. The molecule has 0 spiro atoms. The molecule has 0 aliphatic heterocycles. The van der Waals surface area contributed by atoms with E-state index in [9.17, 15) is 33.9 Å². The highest BCUT2D eigenvalue weighted by Crippen LogP contribution is 2.42. The molecule has 3 N–H and O–H groups in total. The average molecular weight is 439 g/mol. The first-order valence-electron chi connectivity index (χ1n) is 10.2. The van der Waals surface area contributed by atoms with Gasteiger partial charge < -0.3 is 20.3 Å². The summed E-state index contributed by atoms with van der Waals surface area (Å²) < 4.78 is 9.18. The number of carbonyl (C=O) groups excluding carboxylic acids is 6. The van der Waals surface area contributed by atoms with Crippen LogP contribution in [0.25, 0.3) is 0 Å². The standard InChI is InChI=1S/C21H29NO9/c1-4-7-12-13(23)8-9-21(18(12)22,16(26)10-14(24)19(28)30-5-2)17(27)11-15(25)20(29)31-6-3/h8,12,18,23H,4-7,9-11,22H2,1-3H3. The van der Waals surface area contributed by atoms with Gasteiger partial charge in [-0.2, -0.15) is 0 Å². The molecule has 1 aliphatic rings. The molecule has 1 rings (SSSR count). The maximum atomic E-state index is 13.2. The summed E-state index contributed by atoms with van der Waals surface area (Å²) >= 11 is 0. The van der Waals surface area contributed by atoms with Crippen LogP contribution in [-0.4, -0.2) is 59.4 Å². The highest BCUT2D eigenvalue weighted by atomic mass is 16.5. The molecule has 2 unspecified atom stereocenters. The third kappa shape index (κ3) is 5.84. The van der Waals surface area contributed by atoms with E-state index in [-0.39, 0.29) is 25.4 Å². The topological polar surface area (TPSA) is 167 Å². The summed E-state index contributed by atoms with van der Waals surface area (Å²) in [6, 6.07) is -1.26. The number of carbonyl (C=O) groups is 6. The van der Waals surface area contributed by atoms with Gasteiger partial charge in [-0.3, -0.25) is 19.2 Å². The van der Waals surface area contributed by atoms with Gasteiger partial charge in [-0.1, -0.05) is 13.3 Å². The van der Waals surface area contributed by atoms with Crippen LogP contribution in [0.3, 0.4) is 0 Å². The SMILES string of the molecule is CCCC1C(O)=CCC(C(=O)CC(=O)C(=O)OCC)(C(=O)CC(=O)C(=O)OCC)C1N. The Hall–Kier alpha value is -2.88. The summed E-state index contributed by atoms with van der Waals surface area (Å²) in [4.78, 5) is 73.8. The van der Waals surface area contributed by atoms with Gasteiger partial charge in [0, 0.05) is 12.0 Å². The van der Waals surface area contributed by atoms with Crippen LogP contribution in [0.5, 0.6) is 0 Å². The molecular weight excluding hydrogens is 410 g/mol. The van der Waals surface area contributed by atoms with E-state index < -0.39 is 65.3 Å². The van der Waals surface area contributed by atoms with Gasteiger partial charge in [0.15, 0.2) is 11.6 Å². The fourth-order valence-electron chi connectivity index (χ4n) is 3.65. The van der Waals surface area contributed by atoms with E-state index in [0.717, 1.165) is 0 Å². The zero-order valence-corrected chi connectivity index (χ0v) is 18.0. The zero-order valence-electron chi connectivity index (χ0n) is 18.0. The first kappa shape index (κ1) is 26.2. The number of Topliss-reactive ketones (excluding diaryl/α,β-unsaturated/α-hetero) is 4. The minimum atomic E-state index is -2.06. The Balaban J connectivity index is 3.33. The van der Waals surface area contributed by atoms with E-state index >= 15 is 0 Å². The number of ether oxygens (including phenoxy) is 2. The summed E-state index contributed by atoms with van der Waals surface area (Å²) in [7, 11) is 0. The third-order valence-corrected chi connectivity index (χ3v) is 5.26. The van der Waals surface area contributed by atoms with Crippen molar-refractivity contribution in [2.45, 2.75) is 58.9 Å². The number of aliphatic hydroxyl groups excluding tert-OH is 1. The number of allylic oxidation sites excluding steroid dienone is 1. The smallest absolute Gasteiger partial charge is 0.375 e. The van der Waals surface area contributed by atoms with Gasteiger partial charge in [0.1, 0.15) is 5.41 Å². The van der Waals surface area contributed by atoms with Crippen LogP contribution in [0.15, 0.2) is 11.8 Å². The molecule has 0 heterocycles. The highest BCUT2D eigenvalue weighted by Gasteiger charge is 2.55. The van der Waals surface area contributed by atoms with E-state index in [2.05, 4.69) is 9.47 Å². The Bertz CT molecular complexity index is 740. The second-order valence-corrected chi connectivity index (χ2v) is 7.21. The number of esters is 2. The molecule has 0 aromatic heterocycles. The predicted molar refractivity (Wildman–Crippen MR) is 107 cm³/mol. The fraction of sp³-hybridized carbons (Fsp3) is 0.619. The molecule has 0 aromatic carbocycles. The Morgan fingerprint density at radius 2 is 1.42 bits per heavy atom. The van der Waals surface area contributed by atoms with E-state index in [1.165, 1.54) is 19.9 Å². The first-order chi connectivity index (χ1) is 14.6. The van der Waals surface area contributed by atoms with Crippen LogP contribution >= 0.6 is 0 Å². The summed E-state index contributed by atoms with van der Waals surface area (Å²) in [5.74, 6) is -7.58. The van der Waals surface area contributed by atoms with E-state index in [1.54, 1.807) is 0 Å². The van der Waals surface area contributed by atoms with Crippen LogP contribution in [0, 0.1) is 11.3 Å². The van der Waals surface area contributed by atoms with Gasteiger partial charge in [0.05, 0.1) is 31.8 Å². The lowest BCUT2D eigenvalue weighted by Gasteiger charge is -2.42. The molecule has 0 bridgehead atoms. The van der Waals surface area contributed by atoms with Gasteiger partial charge >= 0.3 is 11.9 Å². The highest BCUT2D eigenvalue weighted by molar-refractivity contribution is 6.40. The zero-order chi connectivity index (χ0) is 23.8. The number of rotatable bonds is 12. The lowest BCUT2D eigenvalue weighted by atomic mass is 9.61. The van der Waals surface area contributed by atoms with Crippen LogP contribution < -0.4 is 5.73 Å². The largest absolute Gasteiger partial charge is 0.512 e. The molecule has 0 radical (unpaired) electrons. The van der Waals surface area contributed by atoms with Crippen molar-refractivity contribution in [2.24, 2.45) is 17.1 Å². The normalized spacial score (nSPS) is 19.7. The average Bonchev–Trinajstić information content (AvgIpc) is 2.71. The van der Waals surface area contributed by atoms with Crippen molar-refractivity contribution in [1.82, 2.24) is 0 Å². The van der Waals surface area contributed by atoms with Gasteiger partial charge in [0.2, 0.25) is 11.6 Å². The van der Waals surface area contributed by atoms with Crippen molar-refractivity contribution in [3.63, 3.8) is 0 Å². The van der Waals surface area contributed by atoms with Crippen molar-refractivity contribution in [3.05, 3.63) is 11.8 Å². The van der Waals surface area contributed by atoms with E-state index in [4.69, 9.17) is 5.73 Å². The van der Waals surface area contributed by atoms with Crippen LogP contribution in [-0.2, 0) is 38.2 Å². The first-order valence-corrected chi connectivity index (χ1v) is 10.2. The minimum absolute atomic E-state index is 0.0778. The van der Waals surface area contributed by atoms with Crippen molar-refractivity contribution in [1.29, 1.82) is 0 Å². The van der Waals surface area contributed by atoms with Crippen LogP contribution in [0.2, 0.25) is 0 Å². The Labute approximate surface area is 180 Å². The third-order valence-electron chi connectivity index (χ3n) is 5.26. The van der Waals surface area contributed by atoms with Crippen molar-refractivity contribution in [2.75, 3.05) is 13.2 Å². The molecule has 0 saturated heterocycles. The van der Waals surface area contributed by atoms with Crippen LogP contribution in [0.4, 0.5) is 0 Å². The van der Waals surface area contributed by atoms with Crippen molar-refractivity contribution >= 4 is 35.1 Å². The number of aliphatic hydroxyl groups is 1. The molecule has 31 heavy (non-hydrogen) atoms. The number of ketones is 4. The minimum Gasteiger partial charge on any atom is -0.512 e. The second kappa shape index (κ2) is 11.5. The quantitative estimate of drug-likeness (QED) is 0.251. The molecule has 172 valence electrons. The van der Waals surface area contributed by atoms with Gasteiger partial charge in [-0.05, 0) is 32.8 Å². The summed E-state index contributed by atoms with van der Waals surface area (Å²) in [5, 5.41) is 10.2. The molecule has 0 aromatic rings. The van der Waals surface area contributed by atoms with Crippen LogP contribution in [0.1, 0.15) is 52.9 Å². The van der Waals surface area contributed by atoms with Crippen molar-refractivity contribution < 1.29 is 43.3 Å². The molecule has 1 aliphatic carbocycles. The van der Waals surface area contributed by atoms with E-state index in [1.807, 2.05) is 6.92 Å². The Morgan fingerprint density at radius 1 is 0.968 bits per heavy atom. The van der Waals surface area contributed by atoms with Gasteiger partial charge in [-0.25, -0.2) is 9.59 Å². The maximum absolute atomic E-state index is 13.2. The molecule has 2 atom stereocenters. The second-order valence-electron chi connectivity index (χ2n) is 7.21. The number of nitrogens with two attached hydrogens (primary N) is 1. The molecule has 0 amide bonds. The summed E-state index contributed by atoms with van der Waals surface area (Å²) in [6.45, 7) is 4.63. The maximum Gasteiger partial charge on any atom is 0.375 e. The van der Waals surface area contributed by atoms with Gasteiger partial charge in [-0.15, -0.1) is 0 Å². The lowest BCUT2D eigenvalue weighted by Crippen LogP contribution is -2.59. The Morgan fingerprint density at radius 3 is 1.81 bits per heavy atom. The molecule has 10 nitrogen and oxygen atoms in total. The van der Waals surface area contributed by atoms with Gasteiger partial charge in [0.25, 0.3) is 0 Å².